The molecule has 0 saturated heterocycles. The van der Waals surface area contributed by atoms with Crippen LogP contribution in [0, 0.1) is 11.3 Å². The van der Waals surface area contributed by atoms with E-state index < -0.39 is 11.9 Å². The molecule has 0 atom stereocenters. The summed E-state index contributed by atoms with van der Waals surface area (Å²) in [4.78, 5) is 24.3. The fraction of sp³-hybridized carbons (Fsp3) is 0.227. The van der Waals surface area contributed by atoms with Crippen LogP contribution in [0.25, 0.3) is 6.08 Å². The lowest BCUT2D eigenvalue weighted by Gasteiger charge is -2.10. The highest BCUT2D eigenvalue weighted by Gasteiger charge is 2.13. The smallest absolute Gasteiger partial charge is 0.343 e. The Hall–Kier alpha value is -3.59. The van der Waals surface area contributed by atoms with Gasteiger partial charge in [0.05, 0.1) is 12.7 Å². The molecule has 144 valence electrons. The van der Waals surface area contributed by atoms with Crippen molar-refractivity contribution >= 4 is 18.0 Å². The first-order valence-electron chi connectivity index (χ1n) is 8.94. The summed E-state index contributed by atoms with van der Waals surface area (Å²) >= 11 is 0. The first-order valence-corrected chi connectivity index (χ1v) is 8.94. The largest absolute Gasteiger partial charge is 0.493 e. The molecule has 0 aliphatic rings. The van der Waals surface area contributed by atoms with E-state index >= 15 is 0 Å². The van der Waals surface area contributed by atoms with E-state index in [4.69, 9.17) is 9.47 Å². The van der Waals surface area contributed by atoms with Gasteiger partial charge in [-0.15, -0.1) is 0 Å². The van der Waals surface area contributed by atoms with Crippen LogP contribution in [0.3, 0.4) is 0 Å². The monoisotopic (exact) mass is 378 g/mol. The number of hydrogen-bond acceptors (Lipinski definition) is 5. The number of benzene rings is 2. The molecule has 2 aromatic rings. The van der Waals surface area contributed by atoms with Crippen LogP contribution in [0.1, 0.15) is 35.7 Å². The maximum atomic E-state index is 12.2. The van der Waals surface area contributed by atoms with Crippen molar-refractivity contribution in [3.8, 4) is 17.6 Å². The molecule has 0 bridgehead atoms. The number of unbranched alkanes of at least 4 members (excludes halogenated alkanes) is 1. The molecule has 0 radical (unpaired) electrons. The Labute approximate surface area is 164 Å². The summed E-state index contributed by atoms with van der Waals surface area (Å²) in [7, 11) is 1.45. The number of esters is 1. The van der Waals surface area contributed by atoms with Gasteiger partial charge >= 0.3 is 5.97 Å². The average Bonchev–Trinajstić information content (AvgIpc) is 2.73. The van der Waals surface area contributed by atoms with Gasteiger partial charge in [0.15, 0.2) is 11.5 Å². The number of ether oxygens (including phenoxy) is 2. The third-order valence-electron chi connectivity index (χ3n) is 3.89. The third kappa shape index (κ3) is 5.71. The average molecular weight is 378 g/mol. The van der Waals surface area contributed by atoms with E-state index in [1.165, 1.54) is 13.2 Å². The molecule has 0 heterocycles. The maximum Gasteiger partial charge on any atom is 0.343 e. The number of nitrogens with zero attached hydrogens (tertiary/aromatic N) is 1. The second-order valence-electron chi connectivity index (χ2n) is 5.95. The molecule has 6 nitrogen and oxygen atoms in total. The summed E-state index contributed by atoms with van der Waals surface area (Å²) < 4.78 is 10.7. The topological polar surface area (TPSA) is 88.4 Å². The predicted octanol–water partition coefficient (Wildman–Crippen LogP) is 3.74. The van der Waals surface area contributed by atoms with Crippen molar-refractivity contribution in [1.82, 2.24) is 5.32 Å². The Kier molecular flexibility index (Phi) is 7.79. The van der Waals surface area contributed by atoms with Crippen LogP contribution in [0.4, 0.5) is 0 Å². The first kappa shape index (κ1) is 20.7. The van der Waals surface area contributed by atoms with Crippen LogP contribution < -0.4 is 14.8 Å². The number of nitriles is 1. The molecular weight excluding hydrogens is 356 g/mol. The second-order valence-corrected chi connectivity index (χ2v) is 5.95. The van der Waals surface area contributed by atoms with Crippen LogP contribution in [0.5, 0.6) is 11.5 Å². The van der Waals surface area contributed by atoms with E-state index in [1.807, 2.05) is 19.1 Å². The van der Waals surface area contributed by atoms with E-state index in [0.717, 1.165) is 12.8 Å². The van der Waals surface area contributed by atoms with Crippen molar-refractivity contribution in [2.75, 3.05) is 13.7 Å². The van der Waals surface area contributed by atoms with Gasteiger partial charge in [0.2, 0.25) is 0 Å². The number of hydrogen-bond donors (Lipinski definition) is 1. The Bertz CT molecular complexity index is 898. The zero-order chi connectivity index (χ0) is 20.4. The Morgan fingerprint density at radius 1 is 1.14 bits per heavy atom. The first-order chi connectivity index (χ1) is 13.6. The number of carbonyl (C=O) groups is 2. The molecule has 0 unspecified atom stereocenters. The van der Waals surface area contributed by atoms with Gasteiger partial charge in [-0.25, -0.2) is 4.79 Å². The van der Waals surface area contributed by atoms with Crippen LogP contribution in [0.15, 0.2) is 54.1 Å². The quantitative estimate of drug-likeness (QED) is 0.249. The van der Waals surface area contributed by atoms with E-state index in [9.17, 15) is 14.9 Å². The summed E-state index contributed by atoms with van der Waals surface area (Å²) in [6.07, 6.45) is 3.26. The number of carbonyl (C=O) groups excluding carboxylic acids is 2. The van der Waals surface area contributed by atoms with Crippen molar-refractivity contribution in [3.05, 3.63) is 65.2 Å². The van der Waals surface area contributed by atoms with Crippen molar-refractivity contribution in [3.63, 3.8) is 0 Å². The Balaban J connectivity index is 2.18. The van der Waals surface area contributed by atoms with Gasteiger partial charge in [0.1, 0.15) is 11.6 Å². The minimum Gasteiger partial charge on any atom is -0.493 e. The highest BCUT2D eigenvalue weighted by Crippen LogP contribution is 2.29. The Morgan fingerprint density at radius 3 is 2.54 bits per heavy atom. The minimum atomic E-state index is -0.504. The van der Waals surface area contributed by atoms with Gasteiger partial charge < -0.3 is 14.8 Å². The summed E-state index contributed by atoms with van der Waals surface area (Å²) in [5.41, 5.74) is 0.995. The van der Waals surface area contributed by atoms with E-state index in [1.54, 1.807) is 42.5 Å². The lowest BCUT2D eigenvalue weighted by Crippen LogP contribution is -2.25. The molecule has 0 aliphatic heterocycles. The number of nitrogens with one attached hydrogen (secondary N) is 1. The molecular formula is C22H22N2O4. The molecule has 2 aromatic carbocycles. The molecule has 0 fully saturated rings. The molecule has 0 aromatic heterocycles. The summed E-state index contributed by atoms with van der Waals surface area (Å²) in [5, 5.41) is 12.0. The van der Waals surface area contributed by atoms with Gasteiger partial charge in [-0.1, -0.05) is 37.6 Å². The van der Waals surface area contributed by atoms with Gasteiger partial charge in [0, 0.05) is 6.54 Å². The molecule has 0 aliphatic carbocycles. The fourth-order valence-electron chi connectivity index (χ4n) is 2.38. The fourth-order valence-corrected chi connectivity index (χ4v) is 2.38. The van der Waals surface area contributed by atoms with Crippen molar-refractivity contribution < 1.29 is 19.1 Å². The van der Waals surface area contributed by atoms with E-state index in [0.29, 0.717) is 23.4 Å². The maximum absolute atomic E-state index is 12.2. The highest BCUT2D eigenvalue weighted by atomic mass is 16.6. The Morgan fingerprint density at radius 2 is 1.89 bits per heavy atom. The number of amides is 1. The third-order valence-corrected chi connectivity index (χ3v) is 3.89. The lowest BCUT2D eigenvalue weighted by molar-refractivity contribution is -0.117. The van der Waals surface area contributed by atoms with Crippen molar-refractivity contribution in [1.29, 1.82) is 5.26 Å². The SMILES string of the molecule is CCCCNC(=O)/C(C#N)=C/c1ccc(OC(=O)c2ccccc2)c(OC)c1. The number of rotatable bonds is 8. The zero-order valence-corrected chi connectivity index (χ0v) is 15.9. The molecule has 1 amide bonds. The minimum absolute atomic E-state index is 0.00723. The molecule has 28 heavy (non-hydrogen) atoms. The van der Waals surface area contributed by atoms with Gasteiger partial charge in [-0.3, -0.25) is 4.79 Å². The van der Waals surface area contributed by atoms with Crippen LogP contribution in [0.2, 0.25) is 0 Å². The van der Waals surface area contributed by atoms with Crippen LogP contribution >= 0.6 is 0 Å². The van der Waals surface area contributed by atoms with E-state index in [-0.39, 0.29) is 11.3 Å². The molecule has 0 saturated carbocycles. The zero-order valence-electron chi connectivity index (χ0n) is 15.9. The van der Waals surface area contributed by atoms with Crippen molar-refractivity contribution in [2.24, 2.45) is 0 Å². The summed E-state index contributed by atoms with van der Waals surface area (Å²) in [6, 6.07) is 15.3. The van der Waals surface area contributed by atoms with Gasteiger partial charge in [0.25, 0.3) is 5.91 Å². The van der Waals surface area contributed by atoms with Gasteiger partial charge in [-0.2, -0.15) is 5.26 Å². The molecule has 6 heteroatoms. The van der Waals surface area contributed by atoms with Crippen LogP contribution in [-0.2, 0) is 4.79 Å². The second kappa shape index (κ2) is 10.5. The standard InChI is InChI=1S/C22H22N2O4/c1-3-4-12-24-21(25)18(15-23)13-16-10-11-19(20(14-16)27-2)28-22(26)17-8-6-5-7-9-17/h5-11,13-14H,3-4,12H2,1-2H3,(H,24,25)/b18-13+. The highest BCUT2D eigenvalue weighted by molar-refractivity contribution is 6.01. The van der Waals surface area contributed by atoms with Gasteiger partial charge in [-0.05, 0) is 42.3 Å². The van der Waals surface area contributed by atoms with Crippen LogP contribution in [-0.4, -0.2) is 25.5 Å². The lowest BCUT2D eigenvalue weighted by atomic mass is 10.1. The number of methoxy groups -OCH3 is 1. The molecule has 2 rings (SSSR count). The van der Waals surface area contributed by atoms with Crippen molar-refractivity contribution in [2.45, 2.75) is 19.8 Å². The molecule has 1 N–H and O–H groups in total. The summed E-state index contributed by atoms with van der Waals surface area (Å²) in [5.74, 6) is -0.356. The predicted molar refractivity (Wildman–Crippen MR) is 106 cm³/mol. The van der Waals surface area contributed by atoms with E-state index in [2.05, 4.69) is 5.32 Å². The summed E-state index contributed by atoms with van der Waals surface area (Å²) in [6.45, 7) is 2.54. The normalized spacial score (nSPS) is 10.7. The molecule has 0 spiro atoms.